The van der Waals surface area contributed by atoms with Crippen LogP contribution in [0.3, 0.4) is 0 Å². The molecule has 1 aromatic heterocycles. The Hall–Kier alpha value is -3.29. The van der Waals surface area contributed by atoms with Crippen LogP contribution < -0.4 is 4.72 Å². The highest BCUT2D eigenvalue weighted by Crippen LogP contribution is 2.24. The molecule has 0 amide bonds. The summed E-state index contributed by atoms with van der Waals surface area (Å²) >= 11 is 0. The third kappa shape index (κ3) is 4.64. The fraction of sp³-hybridized carbons (Fsp3) is 0.130. The van der Waals surface area contributed by atoms with Gasteiger partial charge in [-0.3, -0.25) is 0 Å². The number of hydrogen-bond donors (Lipinski definition) is 1. The van der Waals surface area contributed by atoms with E-state index in [0.717, 1.165) is 22.3 Å². The Balaban J connectivity index is 1.59. The highest BCUT2D eigenvalue weighted by Gasteiger charge is 2.22. The van der Waals surface area contributed by atoms with Crippen LogP contribution in [0.15, 0.2) is 96.2 Å². The molecule has 3 aromatic carbocycles. The van der Waals surface area contributed by atoms with Crippen LogP contribution in [-0.2, 0) is 16.6 Å². The molecule has 1 heterocycles. The largest absolute Gasteiger partial charge is 0.241 e. The third-order valence-corrected chi connectivity index (χ3v) is 6.32. The molecule has 4 rings (SSSR count). The minimum atomic E-state index is -3.74. The van der Waals surface area contributed by atoms with Crippen LogP contribution >= 0.6 is 0 Å². The lowest BCUT2D eigenvalue weighted by Gasteiger charge is -2.19. The lowest BCUT2D eigenvalue weighted by Crippen LogP contribution is -2.32. The summed E-state index contributed by atoms with van der Waals surface area (Å²) in [6, 6.07) is 24.0. The van der Waals surface area contributed by atoms with Crippen LogP contribution in [0.1, 0.15) is 17.2 Å². The van der Waals surface area contributed by atoms with E-state index in [4.69, 9.17) is 0 Å². The van der Waals surface area contributed by atoms with E-state index in [1.54, 1.807) is 24.5 Å². The van der Waals surface area contributed by atoms with E-state index >= 15 is 0 Å². The molecule has 0 aliphatic carbocycles. The average molecular weight is 419 g/mol. The average Bonchev–Trinajstić information content (AvgIpc) is 3.27. The summed E-state index contributed by atoms with van der Waals surface area (Å²) in [6.45, 7) is 2.32. The molecule has 0 saturated heterocycles. The number of nitrogens with zero attached hydrogens (tertiary/aromatic N) is 3. The Labute approximate surface area is 176 Å². The van der Waals surface area contributed by atoms with Crippen LogP contribution in [0.5, 0.6) is 0 Å². The molecule has 1 unspecified atom stereocenters. The fourth-order valence-corrected chi connectivity index (χ4v) is 4.52. The van der Waals surface area contributed by atoms with Gasteiger partial charge in [-0.1, -0.05) is 72.3 Å². The molecule has 4 aromatic rings. The van der Waals surface area contributed by atoms with E-state index in [9.17, 15) is 8.42 Å². The molecular formula is C23H22N4O2S. The summed E-state index contributed by atoms with van der Waals surface area (Å²) < 4.78 is 29.0. The number of benzene rings is 3. The van der Waals surface area contributed by atoms with Crippen LogP contribution in [0.2, 0.25) is 0 Å². The van der Waals surface area contributed by atoms with Crippen molar-refractivity contribution in [3.05, 3.63) is 102 Å². The molecule has 1 atom stereocenters. The summed E-state index contributed by atoms with van der Waals surface area (Å²) in [7, 11) is -3.74. The van der Waals surface area contributed by atoms with Gasteiger partial charge in [0.25, 0.3) is 0 Å². The smallest absolute Gasteiger partial charge is 0.207 e. The Morgan fingerprint density at radius 3 is 2.23 bits per heavy atom. The minimum Gasteiger partial charge on any atom is -0.207 e. The zero-order chi connectivity index (χ0) is 21.0. The van der Waals surface area contributed by atoms with Crippen LogP contribution in [0.4, 0.5) is 0 Å². The first-order chi connectivity index (χ1) is 14.5. The molecule has 0 saturated carbocycles. The molecule has 30 heavy (non-hydrogen) atoms. The highest BCUT2D eigenvalue weighted by molar-refractivity contribution is 7.89. The van der Waals surface area contributed by atoms with Crippen molar-refractivity contribution in [2.45, 2.75) is 24.4 Å². The molecule has 7 heteroatoms. The lowest BCUT2D eigenvalue weighted by atomic mass is 10.0. The third-order valence-electron chi connectivity index (χ3n) is 4.83. The highest BCUT2D eigenvalue weighted by atomic mass is 32.2. The zero-order valence-corrected chi connectivity index (χ0v) is 17.3. The number of sulfonamides is 1. The van der Waals surface area contributed by atoms with Crippen LogP contribution in [0.25, 0.3) is 11.1 Å². The zero-order valence-electron chi connectivity index (χ0n) is 16.5. The monoisotopic (exact) mass is 418 g/mol. The van der Waals surface area contributed by atoms with Crippen LogP contribution in [-0.4, -0.2) is 23.4 Å². The van der Waals surface area contributed by atoms with E-state index in [1.807, 2.05) is 67.6 Å². The fourth-order valence-electron chi connectivity index (χ4n) is 3.30. The number of aromatic nitrogens is 3. The first-order valence-corrected chi connectivity index (χ1v) is 11.1. The molecule has 152 valence electrons. The van der Waals surface area contributed by atoms with Crippen molar-refractivity contribution in [1.29, 1.82) is 0 Å². The maximum absolute atomic E-state index is 13.1. The van der Waals surface area contributed by atoms with E-state index in [-0.39, 0.29) is 11.4 Å². The number of nitrogens with one attached hydrogen (secondary N) is 1. The molecule has 0 bridgehead atoms. The van der Waals surface area contributed by atoms with E-state index in [1.165, 1.54) is 4.80 Å². The van der Waals surface area contributed by atoms with Crippen molar-refractivity contribution in [2.24, 2.45) is 0 Å². The van der Waals surface area contributed by atoms with E-state index < -0.39 is 16.1 Å². The number of rotatable bonds is 7. The Bertz CT molecular complexity index is 1210. The summed E-state index contributed by atoms with van der Waals surface area (Å²) in [5.41, 5.74) is 4.02. The summed E-state index contributed by atoms with van der Waals surface area (Å²) in [5.74, 6) is 0. The van der Waals surface area contributed by atoms with Crippen molar-refractivity contribution in [1.82, 2.24) is 19.7 Å². The topological polar surface area (TPSA) is 76.9 Å². The molecule has 6 nitrogen and oxygen atoms in total. The number of hydrogen-bond acceptors (Lipinski definition) is 4. The molecular weight excluding hydrogens is 396 g/mol. The Kier molecular flexibility index (Phi) is 5.74. The van der Waals surface area contributed by atoms with Crippen molar-refractivity contribution < 1.29 is 8.42 Å². The quantitative estimate of drug-likeness (QED) is 0.493. The normalized spacial score (nSPS) is 12.6. The molecule has 0 aliphatic heterocycles. The maximum Gasteiger partial charge on any atom is 0.241 e. The van der Waals surface area contributed by atoms with Gasteiger partial charge in [0.15, 0.2) is 0 Å². The Morgan fingerprint density at radius 2 is 1.57 bits per heavy atom. The van der Waals surface area contributed by atoms with Gasteiger partial charge in [-0.05, 0) is 35.7 Å². The maximum atomic E-state index is 13.1. The Morgan fingerprint density at radius 1 is 0.867 bits per heavy atom. The second-order valence-corrected chi connectivity index (χ2v) is 8.78. The van der Waals surface area contributed by atoms with Gasteiger partial charge < -0.3 is 0 Å². The molecule has 0 aliphatic rings. The van der Waals surface area contributed by atoms with Gasteiger partial charge in [-0.25, -0.2) is 13.1 Å². The predicted octanol–water partition coefficient (Wildman–Crippen LogP) is 3.97. The van der Waals surface area contributed by atoms with E-state index in [2.05, 4.69) is 21.0 Å². The van der Waals surface area contributed by atoms with Crippen LogP contribution in [0, 0.1) is 6.92 Å². The molecule has 0 spiro atoms. The van der Waals surface area contributed by atoms with Gasteiger partial charge in [-0.15, -0.1) is 0 Å². The second kappa shape index (κ2) is 8.61. The summed E-state index contributed by atoms with van der Waals surface area (Å²) in [5, 5.41) is 8.21. The van der Waals surface area contributed by atoms with Crippen molar-refractivity contribution >= 4 is 10.0 Å². The summed E-state index contributed by atoms with van der Waals surface area (Å²) in [6.07, 6.45) is 3.14. The van der Waals surface area contributed by atoms with E-state index in [0.29, 0.717) is 0 Å². The lowest BCUT2D eigenvalue weighted by molar-refractivity contribution is 0.444. The van der Waals surface area contributed by atoms with Crippen molar-refractivity contribution in [3.8, 4) is 11.1 Å². The molecule has 0 fully saturated rings. The SMILES string of the molecule is Cc1cccc(-c2ccc(S(=O)(=O)NC(Cn3nccn3)c3ccccc3)cc2)c1. The van der Waals surface area contributed by atoms with Crippen molar-refractivity contribution in [3.63, 3.8) is 0 Å². The van der Waals surface area contributed by atoms with Crippen molar-refractivity contribution in [2.75, 3.05) is 0 Å². The predicted molar refractivity (Wildman–Crippen MR) is 116 cm³/mol. The standard InChI is InChI=1S/C23H22N4O2S/c1-18-6-5-9-21(16-18)19-10-12-22(13-11-19)30(28,29)26-23(17-27-24-14-15-25-27)20-7-3-2-4-8-20/h2-16,23,26H,17H2,1H3. The van der Waals surface area contributed by atoms with Gasteiger partial charge in [0.1, 0.15) is 0 Å². The van der Waals surface area contributed by atoms with Gasteiger partial charge in [0.2, 0.25) is 10.0 Å². The number of aryl methyl sites for hydroxylation is 1. The van der Waals surface area contributed by atoms with Gasteiger partial charge in [0, 0.05) is 0 Å². The van der Waals surface area contributed by atoms with Gasteiger partial charge >= 0.3 is 0 Å². The second-order valence-electron chi connectivity index (χ2n) is 7.06. The minimum absolute atomic E-state index is 0.216. The van der Waals surface area contributed by atoms with Gasteiger partial charge in [-0.2, -0.15) is 15.0 Å². The first-order valence-electron chi connectivity index (χ1n) is 9.60. The molecule has 1 N–H and O–H groups in total. The molecule has 0 radical (unpaired) electrons. The summed E-state index contributed by atoms with van der Waals surface area (Å²) in [4.78, 5) is 1.69. The van der Waals surface area contributed by atoms with Gasteiger partial charge in [0.05, 0.1) is 29.9 Å². The first kappa shape index (κ1) is 20.0.